The second kappa shape index (κ2) is 7.10. The van der Waals surface area contributed by atoms with E-state index in [1.54, 1.807) is 6.92 Å². The zero-order valence-corrected chi connectivity index (χ0v) is 11.8. The molecule has 0 aromatic heterocycles. The van der Waals surface area contributed by atoms with Crippen LogP contribution in [0, 0.1) is 0 Å². The van der Waals surface area contributed by atoms with Gasteiger partial charge in [-0.05, 0) is 18.9 Å². The number of hydrogen-bond acceptors (Lipinski definition) is 4. The Morgan fingerprint density at radius 2 is 1.95 bits per heavy atom. The number of aliphatic hydroxyl groups is 1. The van der Waals surface area contributed by atoms with E-state index >= 15 is 0 Å². The first kappa shape index (κ1) is 14.6. The third kappa shape index (κ3) is 3.84. The minimum Gasteiger partial charge on any atom is -0.512 e. The van der Waals surface area contributed by atoms with Crippen molar-refractivity contribution in [3.63, 3.8) is 0 Å². The summed E-state index contributed by atoms with van der Waals surface area (Å²) < 4.78 is 4.99. The Labute approximate surface area is 119 Å². The first-order valence-corrected chi connectivity index (χ1v) is 7.05. The molecule has 0 saturated carbocycles. The first-order chi connectivity index (χ1) is 9.70. The zero-order valence-electron chi connectivity index (χ0n) is 11.8. The van der Waals surface area contributed by atoms with Crippen molar-refractivity contribution in [1.82, 2.24) is 4.90 Å². The molecule has 1 aliphatic rings. The third-order valence-corrected chi connectivity index (χ3v) is 3.46. The number of carbonyl (C=O) groups excluding carboxylic acids is 1. The van der Waals surface area contributed by atoms with Crippen LogP contribution in [0.25, 0.3) is 0 Å². The van der Waals surface area contributed by atoms with Crippen LogP contribution in [0.5, 0.6) is 0 Å². The second-order valence-corrected chi connectivity index (χ2v) is 4.91. The molecule has 0 saturated heterocycles. The zero-order chi connectivity index (χ0) is 14.4. The van der Waals surface area contributed by atoms with Gasteiger partial charge in [0.15, 0.2) is 0 Å². The second-order valence-electron chi connectivity index (χ2n) is 4.91. The summed E-state index contributed by atoms with van der Waals surface area (Å²) in [4.78, 5) is 14.0. The standard InChI is InChI=1S/C16H21NO3/c1-2-20-16(19)14-8-10-17(11-9-15(14)18)12-13-6-4-3-5-7-13/h3-7,18H,2,8-12H2,1H3. The van der Waals surface area contributed by atoms with Gasteiger partial charge in [-0.3, -0.25) is 4.90 Å². The fourth-order valence-corrected chi connectivity index (χ4v) is 2.38. The van der Waals surface area contributed by atoms with Crippen LogP contribution in [0.3, 0.4) is 0 Å². The highest BCUT2D eigenvalue weighted by atomic mass is 16.5. The molecule has 108 valence electrons. The van der Waals surface area contributed by atoms with E-state index in [0.29, 0.717) is 25.0 Å². The molecule has 0 radical (unpaired) electrons. The number of aliphatic hydroxyl groups excluding tert-OH is 1. The number of esters is 1. The van der Waals surface area contributed by atoms with Crippen molar-refractivity contribution in [1.29, 1.82) is 0 Å². The van der Waals surface area contributed by atoms with Crippen LogP contribution in [0.4, 0.5) is 0 Å². The van der Waals surface area contributed by atoms with E-state index in [4.69, 9.17) is 4.74 Å². The molecule has 0 fully saturated rings. The normalized spacial score (nSPS) is 16.9. The van der Waals surface area contributed by atoms with Crippen molar-refractivity contribution < 1.29 is 14.6 Å². The Morgan fingerprint density at radius 1 is 1.25 bits per heavy atom. The lowest BCUT2D eigenvalue weighted by atomic mass is 10.1. The van der Waals surface area contributed by atoms with E-state index in [2.05, 4.69) is 17.0 Å². The molecule has 0 spiro atoms. The molecule has 0 amide bonds. The van der Waals surface area contributed by atoms with Crippen LogP contribution in [-0.2, 0) is 16.1 Å². The van der Waals surface area contributed by atoms with E-state index < -0.39 is 0 Å². The van der Waals surface area contributed by atoms with Gasteiger partial charge in [0, 0.05) is 26.1 Å². The Hall–Kier alpha value is -1.81. The van der Waals surface area contributed by atoms with E-state index in [1.807, 2.05) is 18.2 Å². The molecule has 2 rings (SSSR count). The molecular weight excluding hydrogens is 254 g/mol. The fraction of sp³-hybridized carbons (Fsp3) is 0.438. The van der Waals surface area contributed by atoms with E-state index in [9.17, 15) is 9.90 Å². The summed E-state index contributed by atoms with van der Waals surface area (Å²) in [6.07, 6.45) is 1.04. The molecule has 0 atom stereocenters. The molecule has 20 heavy (non-hydrogen) atoms. The van der Waals surface area contributed by atoms with Gasteiger partial charge in [-0.2, -0.15) is 0 Å². The predicted octanol–water partition coefficient (Wildman–Crippen LogP) is 2.66. The Balaban J connectivity index is 1.96. The molecule has 1 aromatic carbocycles. The first-order valence-electron chi connectivity index (χ1n) is 7.05. The van der Waals surface area contributed by atoms with E-state index in [-0.39, 0.29) is 11.7 Å². The van der Waals surface area contributed by atoms with Gasteiger partial charge in [-0.15, -0.1) is 0 Å². The maximum atomic E-state index is 11.8. The summed E-state index contributed by atoms with van der Waals surface area (Å²) in [7, 11) is 0. The molecule has 4 heteroatoms. The molecule has 0 aliphatic carbocycles. The number of benzene rings is 1. The van der Waals surface area contributed by atoms with Crippen LogP contribution in [0.1, 0.15) is 25.3 Å². The lowest BCUT2D eigenvalue weighted by Gasteiger charge is -2.19. The number of nitrogens with zero attached hydrogens (tertiary/aromatic N) is 1. The lowest BCUT2D eigenvalue weighted by molar-refractivity contribution is -0.138. The van der Waals surface area contributed by atoms with Gasteiger partial charge in [-0.1, -0.05) is 30.3 Å². The highest BCUT2D eigenvalue weighted by Gasteiger charge is 2.21. The minimum atomic E-state index is -0.383. The van der Waals surface area contributed by atoms with Crippen molar-refractivity contribution in [2.75, 3.05) is 19.7 Å². The van der Waals surface area contributed by atoms with Crippen molar-refractivity contribution in [2.45, 2.75) is 26.3 Å². The van der Waals surface area contributed by atoms with E-state index in [0.717, 1.165) is 19.6 Å². The monoisotopic (exact) mass is 275 g/mol. The van der Waals surface area contributed by atoms with Gasteiger partial charge < -0.3 is 9.84 Å². The van der Waals surface area contributed by atoms with E-state index in [1.165, 1.54) is 5.56 Å². The Kier molecular flexibility index (Phi) is 5.18. The predicted molar refractivity (Wildman–Crippen MR) is 77.2 cm³/mol. The highest BCUT2D eigenvalue weighted by Crippen LogP contribution is 2.19. The molecular formula is C16H21NO3. The quantitative estimate of drug-likeness (QED) is 0.858. The minimum absolute atomic E-state index is 0.180. The summed E-state index contributed by atoms with van der Waals surface area (Å²) in [6.45, 7) is 4.46. The maximum absolute atomic E-state index is 11.8. The van der Waals surface area contributed by atoms with Crippen LogP contribution in [0.2, 0.25) is 0 Å². The fourth-order valence-electron chi connectivity index (χ4n) is 2.38. The average Bonchev–Trinajstić information content (AvgIpc) is 2.63. The number of rotatable bonds is 4. The average molecular weight is 275 g/mol. The van der Waals surface area contributed by atoms with Crippen molar-refractivity contribution in [3.8, 4) is 0 Å². The van der Waals surface area contributed by atoms with Gasteiger partial charge in [0.1, 0.15) is 5.76 Å². The number of ether oxygens (including phenoxy) is 1. The maximum Gasteiger partial charge on any atom is 0.337 e. The van der Waals surface area contributed by atoms with Crippen LogP contribution in [0.15, 0.2) is 41.7 Å². The lowest BCUT2D eigenvalue weighted by Crippen LogP contribution is -2.24. The topological polar surface area (TPSA) is 49.8 Å². The molecule has 0 bridgehead atoms. The summed E-state index contributed by atoms with van der Waals surface area (Å²) >= 11 is 0. The molecule has 1 heterocycles. The van der Waals surface area contributed by atoms with Crippen LogP contribution >= 0.6 is 0 Å². The molecule has 1 N–H and O–H groups in total. The van der Waals surface area contributed by atoms with Gasteiger partial charge in [0.2, 0.25) is 0 Å². The largest absolute Gasteiger partial charge is 0.512 e. The van der Waals surface area contributed by atoms with Gasteiger partial charge >= 0.3 is 5.97 Å². The molecule has 0 unspecified atom stereocenters. The third-order valence-electron chi connectivity index (χ3n) is 3.46. The van der Waals surface area contributed by atoms with Gasteiger partial charge in [-0.25, -0.2) is 4.79 Å². The summed E-state index contributed by atoms with van der Waals surface area (Å²) in [5, 5.41) is 9.98. The SMILES string of the molecule is CCOC(=O)C1=C(O)CCN(Cc2ccccc2)CC1. The van der Waals surface area contributed by atoms with Crippen molar-refractivity contribution in [3.05, 3.63) is 47.2 Å². The Bertz CT molecular complexity index is 482. The van der Waals surface area contributed by atoms with Crippen LogP contribution < -0.4 is 0 Å². The molecule has 1 aromatic rings. The summed E-state index contributed by atoms with van der Waals surface area (Å²) in [5.74, 6) is -0.203. The highest BCUT2D eigenvalue weighted by molar-refractivity contribution is 5.89. The number of hydrogen-bond donors (Lipinski definition) is 1. The van der Waals surface area contributed by atoms with Crippen LogP contribution in [-0.4, -0.2) is 35.7 Å². The Morgan fingerprint density at radius 3 is 2.65 bits per heavy atom. The molecule has 4 nitrogen and oxygen atoms in total. The van der Waals surface area contributed by atoms with Crippen molar-refractivity contribution in [2.24, 2.45) is 0 Å². The summed E-state index contributed by atoms with van der Waals surface area (Å²) in [6, 6.07) is 10.2. The summed E-state index contributed by atoms with van der Waals surface area (Å²) in [5.41, 5.74) is 1.67. The number of carbonyl (C=O) groups is 1. The smallest absolute Gasteiger partial charge is 0.337 e. The van der Waals surface area contributed by atoms with Crippen molar-refractivity contribution >= 4 is 5.97 Å². The van der Waals surface area contributed by atoms with Gasteiger partial charge in [0.05, 0.1) is 12.2 Å². The van der Waals surface area contributed by atoms with Gasteiger partial charge in [0.25, 0.3) is 0 Å². The molecule has 1 aliphatic heterocycles.